The molecule has 1 aromatic heterocycles. The van der Waals surface area contributed by atoms with Crippen LogP contribution in [0.25, 0.3) is 10.9 Å². The van der Waals surface area contributed by atoms with Crippen molar-refractivity contribution in [2.75, 3.05) is 10.6 Å². The molecule has 1 fully saturated rings. The first kappa shape index (κ1) is 28.1. The van der Waals surface area contributed by atoms with Crippen molar-refractivity contribution in [3.8, 4) is 0 Å². The Labute approximate surface area is 218 Å². The van der Waals surface area contributed by atoms with Crippen molar-refractivity contribution >= 4 is 59.1 Å². The average molecular weight is 518 g/mol. The zero-order valence-electron chi connectivity index (χ0n) is 20.2. The third-order valence-electron chi connectivity index (χ3n) is 6.14. The van der Waals surface area contributed by atoms with Crippen molar-refractivity contribution in [2.24, 2.45) is 16.5 Å². The number of nitrogens with one attached hydrogen (secondary N) is 2. The first-order valence-corrected chi connectivity index (χ1v) is 11.3. The highest BCUT2D eigenvalue weighted by Gasteiger charge is 2.26. The molecule has 1 heterocycles. The Kier molecular flexibility index (Phi) is 9.68. The Morgan fingerprint density at radius 1 is 1.00 bits per heavy atom. The van der Waals surface area contributed by atoms with E-state index in [0.29, 0.717) is 11.3 Å². The highest BCUT2D eigenvalue weighted by Crippen LogP contribution is 2.28. The van der Waals surface area contributed by atoms with E-state index in [1.165, 1.54) is 0 Å². The van der Waals surface area contributed by atoms with Crippen molar-refractivity contribution in [3.63, 3.8) is 0 Å². The fourth-order valence-corrected chi connectivity index (χ4v) is 4.44. The Hall–Kier alpha value is -3.10. The average Bonchev–Trinajstić information content (AvgIpc) is 2.77. The summed E-state index contributed by atoms with van der Waals surface area (Å²) in [4.78, 5) is 26.8. The maximum atomic E-state index is 13.2. The number of fused-ring (bicyclic) bond motifs is 1. The quantitative estimate of drug-likeness (QED) is 0.287. The summed E-state index contributed by atoms with van der Waals surface area (Å²) < 4.78 is 0. The van der Waals surface area contributed by atoms with Crippen LogP contribution in [0.3, 0.4) is 0 Å². The minimum atomic E-state index is -0.345. The van der Waals surface area contributed by atoms with E-state index in [1.807, 2.05) is 57.2 Å². The molecule has 2 aromatic carbocycles. The lowest BCUT2D eigenvalue weighted by atomic mass is 9.90. The zero-order valence-corrected chi connectivity index (χ0v) is 21.8. The molecule has 1 saturated carbocycles. The number of aliphatic imine (C=N–C) groups is 1. The van der Waals surface area contributed by atoms with E-state index in [4.69, 9.17) is 11.5 Å². The van der Waals surface area contributed by atoms with Gasteiger partial charge in [0.2, 0.25) is 5.82 Å². The second-order valence-electron chi connectivity index (χ2n) is 8.79. The fourth-order valence-electron chi connectivity index (χ4n) is 4.44. The predicted octanol–water partition coefficient (Wildman–Crippen LogP) is 4.65. The first-order valence-electron chi connectivity index (χ1n) is 11.3. The molecule has 35 heavy (non-hydrogen) atoms. The van der Waals surface area contributed by atoms with Gasteiger partial charge in [0.05, 0.1) is 17.6 Å². The number of anilines is 2. The number of hydrogen-bond donors (Lipinski definition) is 4. The first-order chi connectivity index (χ1) is 15.8. The summed E-state index contributed by atoms with van der Waals surface area (Å²) in [6.07, 6.45) is 3.98. The van der Waals surface area contributed by atoms with Crippen molar-refractivity contribution in [1.82, 2.24) is 9.97 Å². The van der Waals surface area contributed by atoms with Crippen LogP contribution < -0.4 is 22.1 Å². The van der Waals surface area contributed by atoms with Gasteiger partial charge in [-0.25, -0.2) is 15.0 Å². The van der Waals surface area contributed by atoms with E-state index >= 15 is 0 Å². The smallest absolute Gasteiger partial charge is 0.293 e. The van der Waals surface area contributed by atoms with Gasteiger partial charge in [-0.2, -0.15) is 0 Å². The van der Waals surface area contributed by atoms with E-state index in [9.17, 15) is 4.79 Å². The summed E-state index contributed by atoms with van der Waals surface area (Å²) in [6.45, 7) is 5.95. The number of carbonyl (C=O) groups is 1. The number of carbonyl (C=O) groups excluding carboxylic acids is 1. The molecule has 3 aromatic rings. The van der Waals surface area contributed by atoms with Crippen molar-refractivity contribution in [2.45, 2.75) is 58.5 Å². The molecule has 1 aliphatic carbocycles. The van der Waals surface area contributed by atoms with Crippen LogP contribution in [0, 0.1) is 20.8 Å². The molecule has 0 saturated heterocycles. The van der Waals surface area contributed by atoms with Crippen LogP contribution in [0.4, 0.5) is 11.5 Å². The molecule has 8 nitrogen and oxygen atoms in total. The third-order valence-corrected chi connectivity index (χ3v) is 6.14. The number of hydrogen-bond acceptors (Lipinski definition) is 5. The van der Waals surface area contributed by atoms with Crippen LogP contribution >= 0.6 is 24.8 Å². The minimum absolute atomic E-state index is 0. The molecule has 1 aliphatic rings. The molecule has 10 heteroatoms. The number of para-hydroxylation sites is 1. The summed E-state index contributed by atoms with van der Waals surface area (Å²) in [5, 5.41) is 7.40. The molecule has 0 radical (unpaired) electrons. The van der Waals surface area contributed by atoms with Gasteiger partial charge in [0, 0.05) is 11.1 Å². The lowest BCUT2D eigenvalue weighted by molar-refractivity contribution is 0.101. The van der Waals surface area contributed by atoms with Gasteiger partial charge in [-0.1, -0.05) is 42.7 Å². The number of amides is 1. The highest BCUT2D eigenvalue weighted by molar-refractivity contribution is 6.04. The molecular weight excluding hydrogens is 485 g/mol. The molecule has 6 N–H and O–H groups in total. The van der Waals surface area contributed by atoms with E-state index in [1.54, 1.807) is 0 Å². The normalized spacial score (nSPS) is 17.0. The number of benzene rings is 2. The van der Waals surface area contributed by atoms with Gasteiger partial charge >= 0.3 is 0 Å². The van der Waals surface area contributed by atoms with Gasteiger partial charge in [0.1, 0.15) is 5.82 Å². The Balaban J connectivity index is 0.00000216. The van der Waals surface area contributed by atoms with Crippen LogP contribution in [0.2, 0.25) is 0 Å². The molecule has 0 bridgehead atoms. The maximum absolute atomic E-state index is 13.2. The van der Waals surface area contributed by atoms with Gasteiger partial charge in [-0.15, -0.1) is 24.8 Å². The standard InChI is InChI=1S/C25H31N7O.2ClH/c1-14-11-12-18-17(13-14)22(29-19-9-4-5-10-20(19)30-25(26)27)32-23(28-18)24(33)31-21-15(2)7-6-8-16(21)3;;/h6-8,11-13,19-20H,4-5,9-10H2,1-3H3,(H,31,33)(H4,26,27,30)(H,28,29,32);2*1H/t19-,20+;;/m0../s1. The van der Waals surface area contributed by atoms with Gasteiger partial charge in [0.25, 0.3) is 5.91 Å². The van der Waals surface area contributed by atoms with Crippen molar-refractivity contribution < 1.29 is 4.79 Å². The molecule has 188 valence electrons. The second-order valence-corrected chi connectivity index (χ2v) is 8.79. The molecule has 1 amide bonds. The summed E-state index contributed by atoms with van der Waals surface area (Å²) in [5.74, 6) is 0.483. The van der Waals surface area contributed by atoms with Crippen LogP contribution in [-0.4, -0.2) is 33.9 Å². The van der Waals surface area contributed by atoms with Gasteiger partial charge < -0.3 is 22.1 Å². The summed E-state index contributed by atoms with van der Waals surface area (Å²) in [5.41, 5.74) is 15.9. The number of aromatic nitrogens is 2. The number of halogens is 2. The summed E-state index contributed by atoms with van der Waals surface area (Å²) in [7, 11) is 0. The van der Waals surface area contributed by atoms with Crippen molar-refractivity contribution in [1.29, 1.82) is 0 Å². The van der Waals surface area contributed by atoms with Gasteiger partial charge in [-0.3, -0.25) is 4.79 Å². The number of rotatable bonds is 5. The highest BCUT2D eigenvalue weighted by atomic mass is 35.5. The largest absolute Gasteiger partial charge is 0.370 e. The topological polar surface area (TPSA) is 131 Å². The van der Waals surface area contributed by atoms with Crippen LogP contribution in [-0.2, 0) is 0 Å². The molecule has 0 unspecified atom stereocenters. The van der Waals surface area contributed by atoms with Gasteiger partial charge in [0.15, 0.2) is 5.96 Å². The lowest BCUT2D eigenvalue weighted by Gasteiger charge is -2.30. The van der Waals surface area contributed by atoms with Crippen molar-refractivity contribution in [3.05, 3.63) is 58.9 Å². The summed E-state index contributed by atoms with van der Waals surface area (Å²) >= 11 is 0. The molecule has 4 rings (SSSR count). The van der Waals surface area contributed by atoms with Crippen LogP contribution in [0.15, 0.2) is 41.4 Å². The Morgan fingerprint density at radius 3 is 2.37 bits per heavy atom. The predicted molar refractivity (Wildman–Crippen MR) is 148 cm³/mol. The minimum Gasteiger partial charge on any atom is -0.370 e. The number of guanidine groups is 1. The van der Waals surface area contributed by atoms with E-state index in [0.717, 1.165) is 53.4 Å². The fraction of sp³-hybridized carbons (Fsp3) is 0.360. The lowest BCUT2D eigenvalue weighted by Crippen LogP contribution is -2.38. The molecular formula is C25H33Cl2N7O. The number of nitrogens with two attached hydrogens (primary N) is 2. The number of nitrogens with zero attached hydrogens (tertiary/aromatic N) is 3. The Bertz CT molecular complexity index is 1210. The van der Waals surface area contributed by atoms with Crippen LogP contribution in [0.5, 0.6) is 0 Å². The maximum Gasteiger partial charge on any atom is 0.293 e. The second kappa shape index (κ2) is 12.0. The molecule has 2 atom stereocenters. The van der Waals surface area contributed by atoms with E-state index in [-0.39, 0.29) is 54.6 Å². The third kappa shape index (κ3) is 6.52. The Morgan fingerprint density at radius 2 is 1.69 bits per heavy atom. The van der Waals surface area contributed by atoms with E-state index < -0.39 is 0 Å². The van der Waals surface area contributed by atoms with Crippen LogP contribution in [0.1, 0.15) is 53.0 Å². The zero-order chi connectivity index (χ0) is 23.5. The molecule has 0 aliphatic heterocycles. The number of aryl methyl sites for hydroxylation is 3. The SMILES string of the molecule is Cc1ccc2nc(C(=O)Nc3c(C)cccc3C)nc(N[C@H]3CCCC[C@H]3N=C(N)N)c2c1.Cl.Cl. The van der Waals surface area contributed by atoms with E-state index in [2.05, 4.69) is 25.6 Å². The molecule has 0 spiro atoms. The monoisotopic (exact) mass is 517 g/mol. The summed E-state index contributed by atoms with van der Waals surface area (Å²) in [6, 6.07) is 11.8. The van der Waals surface area contributed by atoms with Gasteiger partial charge in [-0.05, 0) is 56.9 Å².